The summed E-state index contributed by atoms with van der Waals surface area (Å²) in [6.07, 6.45) is 0. The summed E-state index contributed by atoms with van der Waals surface area (Å²) in [4.78, 5) is 13.9. The first-order valence-electron chi connectivity index (χ1n) is 7.51. The molecule has 0 fully saturated rings. The Morgan fingerprint density at radius 2 is 2.05 bits per heavy atom. The zero-order valence-corrected chi connectivity index (χ0v) is 14.1. The summed E-state index contributed by atoms with van der Waals surface area (Å²) in [5, 5.41) is 6.92. The first-order chi connectivity index (χ1) is 9.99. The summed E-state index contributed by atoms with van der Waals surface area (Å²) in [6.45, 7) is 10.6. The van der Waals surface area contributed by atoms with Crippen LogP contribution in [0, 0.1) is 0 Å². The van der Waals surface area contributed by atoms with E-state index in [1.54, 1.807) is 0 Å². The number of amides is 1. The number of hydrogen-bond donors (Lipinski definition) is 2. The fourth-order valence-electron chi connectivity index (χ4n) is 2.15. The highest BCUT2D eigenvalue weighted by molar-refractivity contribution is 6.33. The van der Waals surface area contributed by atoms with Crippen molar-refractivity contribution < 1.29 is 4.79 Å². The average Bonchev–Trinajstić information content (AvgIpc) is 2.43. The smallest absolute Gasteiger partial charge is 0.239 e. The average molecular weight is 312 g/mol. The highest BCUT2D eigenvalue weighted by Crippen LogP contribution is 2.30. The van der Waals surface area contributed by atoms with Gasteiger partial charge < -0.3 is 15.5 Å². The minimum absolute atomic E-state index is 0.0158. The summed E-state index contributed by atoms with van der Waals surface area (Å²) < 4.78 is 0. The van der Waals surface area contributed by atoms with Crippen LogP contribution in [0.15, 0.2) is 18.2 Å². The van der Waals surface area contributed by atoms with Gasteiger partial charge in [0.2, 0.25) is 5.91 Å². The van der Waals surface area contributed by atoms with Crippen LogP contribution in [0.1, 0.15) is 33.3 Å². The van der Waals surface area contributed by atoms with Gasteiger partial charge in [-0.15, -0.1) is 0 Å². The van der Waals surface area contributed by atoms with Crippen molar-refractivity contribution in [3.05, 3.63) is 28.8 Å². The number of benzene rings is 1. The van der Waals surface area contributed by atoms with Crippen LogP contribution < -0.4 is 15.5 Å². The van der Waals surface area contributed by atoms with Gasteiger partial charge in [0.15, 0.2) is 0 Å². The topological polar surface area (TPSA) is 44.4 Å². The second-order valence-electron chi connectivity index (χ2n) is 5.25. The lowest BCUT2D eigenvalue weighted by atomic mass is 10.1. The van der Waals surface area contributed by atoms with Crippen molar-refractivity contribution in [1.29, 1.82) is 0 Å². The summed E-state index contributed by atoms with van der Waals surface area (Å²) in [7, 11) is 0. The quantitative estimate of drug-likeness (QED) is 0.776. The zero-order chi connectivity index (χ0) is 15.8. The Balaban J connectivity index is 2.98. The molecule has 0 bridgehead atoms. The molecule has 0 aliphatic rings. The van der Waals surface area contributed by atoms with Gasteiger partial charge in [0, 0.05) is 25.7 Å². The number of para-hydroxylation sites is 1. The molecule has 0 spiro atoms. The Kier molecular flexibility index (Phi) is 7.54. The Morgan fingerprint density at radius 1 is 1.33 bits per heavy atom. The van der Waals surface area contributed by atoms with E-state index in [1.807, 2.05) is 30.9 Å². The third kappa shape index (κ3) is 5.56. The van der Waals surface area contributed by atoms with Crippen LogP contribution in [0.4, 0.5) is 5.69 Å². The first-order valence-corrected chi connectivity index (χ1v) is 7.89. The van der Waals surface area contributed by atoms with Gasteiger partial charge in [-0.1, -0.05) is 37.6 Å². The van der Waals surface area contributed by atoms with E-state index < -0.39 is 0 Å². The molecule has 0 aromatic heterocycles. The number of rotatable bonds is 8. The number of carbonyl (C=O) groups is 1. The minimum atomic E-state index is 0.0158. The lowest BCUT2D eigenvalue weighted by Gasteiger charge is -2.26. The Bertz CT molecular complexity index is 463. The van der Waals surface area contributed by atoms with Crippen molar-refractivity contribution in [2.75, 3.05) is 24.5 Å². The molecular weight excluding hydrogens is 286 g/mol. The second-order valence-corrected chi connectivity index (χ2v) is 5.66. The molecule has 0 radical (unpaired) electrons. The number of anilines is 1. The molecule has 5 heteroatoms. The maximum Gasteiger partial charge on any atom is 0.239 e. The van der Waals surface area contributed by atoms with Crippen molar-refractivity contribution >= 4 is 23.2 Å². The number of likely N-dealkylation sites (N-methyl/N-ethyl adjacent to an activating group) is 2. The highest BCUT2D eigenvalue weighted by Gasteiger charge is 2.16. The Hall–Kier alpha value is -1.26. The predicted molar refractivity (Wildman–Crippen MR) is 90.0 cm³/mol. The maximum atomic E-state index is 11.9. The molecular formula is C16H26ClN3O. The van der Waals surface area contributed by atoms with Crippen molar-refractivity contribution in [2.45, 2.75) is 40.3 Å². The van der Waals surface area contributed by atoms with E-state index in [2.05, 4.69) is 30.5 Å². The van der Waals surface area contributed by atoms with Crippen LogP contribution in [0.25, 0.3) is 0 Å². The Morgan fingerprint density at radius 3 is 2.62 bits per heavy atom. The fraction of sp³-hybridized carbons (Fsp3) is 0.562. The summed E-state index contributed by atoms with van der Waals surface area (Å²) in [5.74, 6) is 0.0158. The van der Waals surface area contributed by atoms with E-state index in [9.17, 15) is 4.79 Å². The molecule has 1 aromatic carbocycles. The van der Waals surface area contributed by atoms with Gasteiger partial charge in [0.1, 0.15) is 0 Å². The van der Waals surface area contributed by atoms with Crippen molar-refractivity contribution in [3.63, 3.8) is 0 Å². The largest absolute Gasteiger partial charge is 0.361 e. The monoisotopic (exact) mass is 311 g/mol. The van der Waals surface area contributed by atoms with Gasteiger partial charge in [-0.25, -0.2) is 0 Å². The predicted octanol–water partition coefficient (Wildman–Crippen LogP) is 2.80. The van der Waals surface area contributed by atoms with Crippen LogP contribution in [0.3, 0.4) is 0 Å². The number of hydrogen-bond acceptors (Lipinski definition) is 3. The van der Waals surface area contributed by atoms with Crippen LogP contribution in [0.5, 0.6) is 0 Å². The van der Waals surface area contributed by atoms with E-state index in [0.29, 0.717) is 24.2 Å². The van der Waals surface area contributed by atoms with Gasteiger partial charge in [0.05, 0.1) is 17.3 Å². The molecule has 0 heterocycles. The van der Waals surface area contributed by atoms with Gasteiger partial charge in [-0.05, 0) is 25.5 Å². The van der Waals surface area contributed by atoms with Gasteiger partial charge >= 0.3 is 0 Å². The van der Waals surface area contributed by atoms with E-state index in [-0.39, 0.29) is 5.91 Å². The molecule has 0 unspecified atom stereocenters. The van der Waals surface area contributed by atoms with Gasteiger partial charge in [-0.2, -0.15) is 0 Å². The number of nitrogens with zero attached hydrogens (tertiary/aromatic N) is 1. The van der Waals surface area contributed by atoms with Crippen LogP contribution >= 0.6 is 11.6 Å². The second kappa shape index (κ2) is 8.90. The summed E-state index contributed by atoms with van der Waals surface area (Å²) >= 11 is 6.38. The molecule has 2 N–H and O–H groups in total. The minimum Gasteiger partial charge on any atom is -0.361 e. The molecule has 1 aromatic rings. The first kappa shape index (κ1) is 17.8. The van der Waals surface area contributed by atoms with Gasteiger partial charge in [0.25, 0.3) is 0 Å². The van der Waals surface area contributed by atoms with Crippen molar-refractivity contribution in [3.8, 4) is 0 Å². The third-order valence-electron chi connectivity index (χ3n) is 3.18. The maximum absolute atomic E-state index is 11.9. The van der Waals surface area contributed by atoms with Gasteiger partial charge in [-0.3, -0.25) is 4.79 Å². The molecule has 0 aliphatic carbocycles. The van der Waals surface area contributed by atoms with Crippen LogP contribution in [-0.4, -0.2) is 31.6 Å². The summed E-state index contributed by atoms with van der Waals surface area (Å²) in [5.41, 5.74) is 2.06. The molecule has 1 rings (SSSR count). The van der Waals surface area contributed by atoms with Crippen LogP contribution in [0.2, 0.25) is 5.02 Å². The number of carbonyl (C=O) groups excluding carboxylic acids is 1. The van der Waals surface area contributed by atoms with Crippen LogP contribution in [-0.2, 0) is 11.3 Å². The van der Waals surface area contributed by atoms with Crippen molar-refractivity contribution in [1.82, 2.24) is 10.6 Å². The molecule has 1 amide bonds. The fourth-order valence-corrected chi connectivity index (χ4v) is 2.46. The SMILES string of the molecule is CCNC(=O)CN(CC)c1c(Cl)cccc1CNC(C)C. The number of nitrogens with one attached hydrogen (secondary N) is 2. The molecule has 4 nitrogen and oxygen atoms in total. The normalized spacial score (nSPS) is 10.8. The Labute approximate surface area is 132 Å². The van der Waals surface area contributed by atoms with E-state index in [1.165, 1.54) is 0 Å². The van der Waals surface area contributed by atoms with E-state index in [0.717, 1.165) is 24.3 Å². The highest BCUT2D eigenvalue weighted by atomic mass is 35.5. The van der Waals surface area contributed by atoms with E-state index >= 15 is 0 Å². The molecule has 118 valence electrons. The molecule has 0 aliphatic heterocycles. The molecule has 0 saturated carbocycles. The molecule has 0 atom stereocenters. The lowest BCUT2D eigenvalue weighted by Crippen LogP contribution is -2.38. The molecule has 21 heavy (non-hydrogen) atoms. The standard InChI is InChI=1S/C16H26ClN3O/c1-5-18-15(21)11-20(6-2)16-13(10-19-12(3)4)8-7-9-14(16)17/h7-9,12,19H,5-6,10-11H2,1-4H3,(H,18,21). The van der Waals surface area contributed by atoms with Crippen molar-refractivity contribution in [2.24, 2.45) is 0 Å². The molecule has 0 saturated heterocycles. The lowest BCUT2D eigenvalue weighted by molar-refractivity contribution is -0.119. The third-order valence-corrected chi connectivity index (χ3v) is 3.48. The zero-order valence-electron chi connectivity index (χ0n) is 13.4. The number of halogens is 1. The summed E-state index contributed by atoms with van der Waals surface area (Å²) in [6, 6.07) is 6.27. The van der Waals surface area contributed by atoms with E-state index in [4.69, 9.17) is 11.6 Å².